The molecule has 108 valence electrons. The van der Waals surface area contributed by atoms with E-state index in [0.29, 0.717) is 5.02 Å². The van der Waals surface area contributed by atoms with Crippen LogP contribution in [0.4, 0.5) is 0 Å². The van der Waals surface area contributed by atoms with E-state index in [0.717, 1.165) is 22.2 Å². The SMILES string of the molecule is Cn1c(=O)n(C)c2cc(C(Cl)c3ccc(Cl)cc3)ccc21. The van der Waals surface area contributed by atoms with Gasteiger partial charge < -0.3 is 0 Å². The third-order valence-electron chi connectivity index (χ3n) is 3.75. The van der Waals surface area contributed by atoms with Crippen molar-refractivity contribution in [3.63, 3.8) is 0 Å². The second-order valence-electron chi connectivity index (χ2n) is 5.06. The number of halogens is 2. The fraction of sp³-hybridized carbons (Fsp3) is 0.188. The van der Waals surface area contributed by atoms with Gasteiger partial charge in [0.25, 0.3) is 0 Å². The fourth-order valence-electron chi connectivity index (χ4n) is 2.51. The molecule has 0 aliphatic carbocycles. The summed E-state index contributed by atoms with van der Waals surface area (Å²) in [6.45, 7) is 0. The summed E-state index contributed by atoms with van der Waals surface area (Å²) in [5.74, 6) is 0. The Balaban J connectivity index is 2.10. The molecular formula is C16H14Cl2N2O. The Bertz CT molecular complexity index is 862. The van der Waals surface area contributed by atoms with Crippen molar-refractivity contribution in [2.45, 2.75) is 5.38 Å². The molecular weight excluding hydrogens is 307 g/mol. The zero-order chi connectivity index (χ0) is 15.1. The predicted molar refractivity (Wildman–Crippen MR) is 87.3 cm³/mol. The van der Waals surface area contributed by atoms with Crippen LogP contribution in [0, 0.1) is 0 Å². The Morgan fingerprint density at radius 3 is 2.14 bits per heavy atom. The maximum Gasteiger partial charge on any atom is 0.328 e. The van der Waals surface area contributed by atoms with Gasteiger partial charge in [-0.3, -0.25) is 9.13 Å². The molecule has 3 nitrogen and oxygen atoms in total. The van der Waals surface area contributed by atoms with E-state index in [1.54, 1.807) is 23.2 Å². The molecule has 0 saturated carbocycles. The molecule has 3 aromatic rings. The first-order valence-electron chi connectivity index (χ1n) is 6.54. The van der Waals surface area contributed by atoms with Crippen LogP contribution < -0.4 is 5.69 Å². The Labute approximate surface area is 132 Å². The first-order chi connectivity index (χ1) is 9.99. The van der Waals surface area contributed by atoms with Gasteiger partial charge in [-0.1, -0.05) is 29.8 Å². The topological polar surface area (TPSA) is 26.9 Å². The highest BCUT2D eigenvalue weighted by Gasteiger charge is 2.14. The highest BCUT2D eigenvalue weighted by atomic mass is 35.5. The lowest BCUT2D eigenvalue weighted by atomic mass is 10.0. The van der Waals surface area contributed by atoms with Gasteiger partial charge in [-0.15, -0.1) is 11.6 Å². The molecule has 3 rings (SSSR count). The van der Waals surface area contributed by atoms with Gasteiger partial charge in [0.1, 0.15) is 0 Å². The molecule has 0 aliphatic rings. The molecule has 0 radical (unpaired) electrons. The molecule has 5 heteroatoms. The summed E-state index contributed by atoms with van der Waals surface area (Å²) in [6.07, 6.45) is 0. The fourth-order valence-corrected chi connectivity index (χ4v) is 2.91. The van der Waals surface area contributed by atoms with Crippen LogP contribution in [0.15, 0.2) is 47.3 Å². The molecule has 21 heavy (non-hydrogen) atoms. The first-order valence-corrected chi connectivity index (χ1v) is 7.35. The summed E-state index contributed by atoms with van der Waals surface area (Å²) >= 11 is 12.4. The van der Waals surface area contributed by atoms with E-state index in [1.807, 2.05) is 42.5 Å². The van der Waals surface area contributed by atoms with Crippen molar-refractivity contribution < 1.29 is 0 Å². The zero-order valence-corrected chi connectivity index (χ0v) is 13.2. The number of imidazole rings is 1. The van der Waals surface area contributed by atoms with E-state index in [9.17, 15) is 4.79 Å². The number of benzene rings is 2. The van der Waals surface area contributed by atoms with Crippen LogP contribution in [0.25, 0.3) is 11.0 Å². The van der Waals surface area contributed by atoms with Crippen molar-refractivity contribution in [3.05, 3.63) is 69.1 Å². The number of rotatable bonds is 2. The Hall–Kier alpha value is -1.71. The van der Waals surface area contributed by atoms with Gasteiger partial charge in [-0.2, -0.15) is 0 Å². The third-order valence-corrected chi connectivity index (χ3v) is 4.51. The van der Waals surface area contributed by atoms with Crippen LogP contribution in [0.3, 0.4) is 0 Å². The molecule has 0 saturated heterocycles. The van der Waals surface area contributed by atoms with Gasteiger partial charge in [-0.25, -0.2) is 4.79 Å². The van der Waals surface area contributed by atoms with Crippen LogP contribution in [0.5, 0.6) is 0 Å². The molecule has 0 bridgehead atoms. The predicted octanol–water partition coefficient (Wildman–Crippen LogP) is 3.86. The molecule has 1 atom stereocenters. The standard InChI is InChI=1S/C16H14Cl2N2O/c1-19-13-8-5-11(9-14(13)20(2)16(19)21)15(18)10-3-6-12(17)7-4-10/h3-9,15H,1-2H3. The highest BCUT2D eigenvalue weighted by Crippen LogP contribution is 2.31. The van der Waals surface area contributed by atoms with Gasteiger partial charge in [0.05, 0.1) is 16.4 Å². The lowest BCUT2D eigenvalue weighted by molar-refractivity contribution is 0.795. The molecule has 0 aliphatic heterocycles. The molecule has 1 aromatic heterocycles. The molecule has 1 heterocycles. The van der Waals surface area contributed by atoms with Crippen LogP contribution in [-0.2, 0) is 14.1 Å². The van der Waals surface area contributed by atoms with E-state index in [2.05, 4.69) is 0 Å². The molecule has 0 N–H and O–H groups in total. The van der Waals surface area contributed by atoms with Gasteiger partial charge in [0.2, 0.25) is 0 Å². The quantitative estimate of drug-likeness (QED) is 0.659. The Morgan fingerprint density at radius 1 is 0.905 bits per heavy atom. The van der Waals surface area contributed by atoms with Crippen molar-refractivity contribution in [3.8, 4) is 0 Å². The summed E-state index contributed by atoms with van der Waals surface area (Å²) in [6, 6.07) is 13.3. The number of aryl methyl sites for hydroxylation is 2. The van der Waals surface area contributed by atoms with Crippen LogP contribution in [0.1, 0.15) is 16.5 Å². The number of fused-ring (bicyclic) bond motifs is 1. The number of hydrogen-bond acceptors (Lipinski definition) is 1. The Morgan fingerprint density at radius 2 is 1.48 bits per heavy atom. The smallest absolute Gasteiger partial charge is 0.295 e. The Kier molecular flexibility index (Phi) is 3.56. The monoisotopic (exact) mass is 320 g/mol. The van der Waals surface area contributed by atoms with Crippen molar-refractivity contribution in [1.29, 1.82) is 0 Å². The maximum atomic E-state index is 12.0. The average molecular weight is 321 g/mol. The normalized spacial score (nSPS) is 12.8. The van der Waals surface area contributed by atoms with Gasteiger partial charge in [0, 0.05) is 19.1 Å². The van der Waals surface area contributed by atoms with Crippen LogP contribution in [-0.4, -0.2) is 9.13 Å². The second kappa shape index (κ2) is 5.24. The van der Waals surface area contributed by atoms with E-state index in [1.165, 1.54) is 0 Å². The maximum absolute atomic E-state index is 12.0. The lowest BCUT2D eigenvalue weighted by Crippen LogP contribution is -2.19. The third kappa shape index (κ3) is 2.37. The minimum Gasteiger partial charge on any atom is -0.295 e. The van der Waals surface area contributed by atoms with Crippen molar-refractivity contribution in [2.75, 3.05) is 0 Å². The minimum absolute atomic E-state index is 0.0419. The number of nitrogens with zero attached hydrogens (tertiary/aromatic N) is 2. The minimum atomic E-state index is -0.276. The summed E-state index contributed by atoms with van der Waals surface area (Å²) in [4.78, 5) is 12.0. The van der Waals surface area contributed by atoms with Crippen LogP contribution in [0.2, 0.25) is 5.02 Å². The van der Waals surface area contributed by atoms with E-state index in [-0.39, 0.29) is 11.1 Å². The summed E-state index contributed by atoms with van der Waals surface area (Å²) in [7, 11) is 3.53. The van der Waals surface area contributed by atoms with E-state index >= 15 is 0 Å². The molecule has 0 amide bonds. The van der Waals surface area contributed by atoms with Gasteiger partial charge in [0.15, 0.2) is 0 Å². The van der Waals surface area contributed by atoms with Gasteiger partial charge >= 0.3 is 5.69 Å². The van der Waals surface area contributed by atoms with E-state index in [4.69, 9.17) is 23.2 Å². The molecule has 1 unspecified atom stereocenters. The molecule has 2 aromatic carbocycles. The molecule has 0 fully saturated rings. The second-order valence-corrected chi connectivity index (χ2v) is 5.94. The summed E-state index contributed by atoms with van der Waals surface area (Å²) < 4.78 is 3.26. The largest absolute Gasteiger partial charge is 0.328 e. The van der Waals surface area contributed by atoms with Crippen molar-refractivity contribution in [1.82, 2.24) is 9.13 Å². The number of hydrogen-bond donors (Lipinski definition) is 0. The number of aromatic nitrogens is 2. The number of alkyl halides is 1. The lowest BCUT2D eigenvalue weighted by Gasteiger charge is -2.11. The molecule has 0 spiro atoms. The summed E-state index contributed by atoms with van der Waals surface area (Å²) in [5, 5.41) is 0.408. The highest BCUT2D eigenvalue weighted by molar-refractivity contribution is 6.30. The van der Waals surface area contributed by atoms with Crippen molar-refractivity contribution in [2.24, 2.45) is 14.1 Å². The van der Waals surface area contributed by atoms with Crippen LogP contribution >= 0.6 is 23.2 Å². The van der Waals surface area contributed by atoms with Crippen molar-refractivity contribution >= 4 is 34.2 Å². The summed E-state index contributed by atoms with van der Waals surface area (Å²) in [5.41, 5.74) is 3.65. The average Bonchev–Trinajstić information content (AvgIpc) is 2.72. The van der Waals surface area contributed by atoms with Gasteiger partial charge in [-0.05, 0) is 35.4 Å². The zero-order valence-electron chi connectivity index (χ0n) is 11.7. The first kappa shape index (κ1) is 14.2. The van der Waals surface area contributed by atoms with E-state index < -0.39 is 0 Å².